The molecular weight excluding hydrogens is 196 g/mol. The number of rotatable bonds is 4. The Morgan fingerprint density at radius 2 is 1.88 bits per heavy atom. The minimum absolute atomic E-state index is 0.929. The van der Waals surface area contributed by atoms with Crippen LogP contribution in [0.15, 0.2) is 37.4 Å². The zero-order chi connectivity index (χ0) is 12.0. The summed E-state index contributed by atoms with van der Waals surface area (Å²) in [7, 11) is 1.70. The van der Waals surface area contributed by atoms with Crippen molar-refractivity contribution in [1.82, 2.24) is 0 Å². The average molecular weight is 214 g/mol. The van der Waals surface area contributed by atoms with E-state index in [1.807, 2.05) is 12.2 Å². The third-order valence-corrected chi connectivity index (χ3v) is 2.48. The van der Waals surface area contributed by atoms with Gasteiger partial charge >= 0.3 is 0 Å². The van der Waals surface area contributed by atoms with Gasteiger partial charge in [0.15, 0.2) is 0 Å². The molecule has 1 aromatic rings. The number of aryl methyl sites for hydroxylation is 1. The van der Waals surface area contributed by atoms with Crippen molar-refractivity contribution in [1.29, 1.82) is 0 Å². The van der Waals surface area contributed by atoms with Crippen LogP contribution in [0.2, 0.25) is 0 Å². The Morgan fingerprint density at radius 1 is 1.19 bits per heavy atom. The van der Waals surface area contributed by atoms with Crippen LogP contribution in [-0.4, -0.2) is 7.11 Å². The van der Waals surface area contributed by atoms with Crippen molar-refractivity contribution in [2.75, 3.05) is 7.11 Å². The minimum Gasteiger partial charge on any atom is -0.496 e. The molecule has 1 heteroatoms. The highest BCUT2D eigenvalue weighted by Gasteiger charge is 2.02. The van der Waals surface area contributed by atoms with Gasteiger partial charge in [0.1, 0.15) is 5.75 Å². The van der Waals surface area contributed by atoms with Crippen molar-refractivity contribution >= 4 is 12.2 Å². The van der Waals surface area contributed by atoms with E-state index in [9.17, 15) is 0 Å². The van der Waals surface area contributed by atoms with E-state index in [2.05, 4.69) is 32.2 Å². The first kappa shape index (κ1) is 12.3. The summed E-state index contributed by atoms with van der Waals surface area (Å²) >= 11 is 0. The van der Waals surface area contributed by atoms with Gasteiger partial charge in [-0.1, -0.05) is 56.5 Å². The van der Waals surface area contributed by atoms with Crippen molar-refractivity contribution < 1.29 is 4.74 Å². The molecule has 84 valence electrons. The number of methoxy groups -OCH3 is 1. The normalized spacial score (nSPS) is 12.6. The van der Waals surface area contributed by atoms with Crippen LogP contribution in [-0.2, 0) is 6.42 Å². The lowest BCUT2D eigenvalue weighted by atomic mass is 10.1. The van der Waals surface area contributed by atoms with E-state index < -0.39 is 0 Å². The van der Waals surface area contributed by atoms with Crippen LogP contribution < -0.4 is 15.2 Å². The third-order valence-electron chi connectivity index (χ3n) is 2.48. The Hall–Kier alpha value is -1.76. The summed E-state index contributed by atoms with van der Waals surface area (Å²) in [5.41, 5.74) is 1.21. The molecule has 16 heavy (non-hydrogen) atoms. The van der Waals surface area contributed by atoms with Gasteiger partial charge in [0.25, 0.3) is 0 Å². The van der Waals surface area contributed by atoms with Crippen LogP contribution in [0.25, 0.3) is 12.2 Å². The Kier molecular flexibility index (Phi) is 4.59. The molecule has 0 aromatic heterocycles. The summed E-state index contributed by atoms with van der Waals surface area (Å²) in [6, 6.07) is 4.17. The van der Waals surface area contributed by atoms with E-state index in [1.54, 1.807) is 19.3 Å². The van der Waals surface area contributed by atoms with Crippen LogP contribution in [0.4, 0.5) is 0 Å². The molecule has 0 aliphatic carbocycles. The molecule has 0 heterocycles. The van der Waals surface area contributed by atoms with E-state index in [0.29, 0.717) is 0 Å². The fraction of sp³-hybridized carbons (Fsp3) is 0.200. The van der Waals surface area contributed by atoms with Gasteiger partial charge in [0, 0.05) is 5.22 Å². The summed E-state index contributed by atoms with van der Waals surface area (Å²) in [5.74, 6) is 0.929. The number of ether oxygens (including phenoxy) is 1. The van der Waals surface area contributed by atoms with Gasteiger partial charge in [-0.3, -0.25) is 0 Å². The minimum atomic E-state index is 0.929. The molecule has 0 saturated heterocycles. The van der Waals surface area contributed by atoms with Gasteiger partial charge in [0.05, 0.1) is 7.11 Å². The van der Waals surface area contributed by atoms with Crippen LogP contribution in [0.3, 0.4) is 0 Å². The predicted molar refractivity (Wildman–Crippen MR) is 70.9 cm³/mol. The Balaban J connectivity index is 3.71. The first-order valence-corrected chi connectivity index (χ1v) is 5.39. The third kappa shape index (κ3) is 2.43. The number of hydrogen-bond donors (Lipinski definition) is 0. The van der Waals surface area contributed by atoms with Gasteiger partial charge in [-0.15, -0.1) is 0 Å². The molecule has 0 spiro atoms. The molecule has 0 fully saturated rings. The van der Waals surface area contributed by atoms with Gasteiger partial charge in [0.2, 0.25) is 0 Å². The standard InChI is InChI=1S/C15H18O/c1-5-8-13-11-10-12(7-3)15(16-4)14(13)9-6-2/h5-6,8-11H,1-2,7H2,3-4H3/b13-8-,14-9+. The largest absolute Gasteiger partial charge is 0.496 e. The van der Waals surface area contributed by atoms with Gasteiger partial charge in [-0.05, 0) is 17.2 Å². The van der Waals surface area contributed by atoms with E-state index in [0.717, 1.165) is 22.6 Å². The lowest BCUT2D eigenvalue weighted by Crippen LogP contribution is -2.27. The molecule has 0 radical (unpaired) electrons. The molecule has 0 unspecified atom stereocenters. The maximum Gasteiger partial charge on any atom is 0.129 e. The fourth-order valence-electron chi connectivity index (χ4n) is 1.74. The number of hydrogen-bond acceptors (Lipinski definition) is 1. The molecule has 0 aliphatic rings. The van der Waals surface area contributed by atoms with Crippen LogP contribution >= 0.6 is 0 Å². The molecule has 1 rings (SSSR count). The van der Waals surface area contributed by atoms with Crippen LogP contribution in [0.5, 0.6) is 5.75 Å². The van der Waals surface area contributed by atoms with Crippen molar-refractivity contribution in [3.05, 3.63) is 53.4 Å². The second kappa shape index (κ2) is 5.96. The average Bonchev–Trinajstić information content (AvgIpc) is 2.31. The molecule has 0 saturated carbocycles. The zero-order valence-electron chi connectivity index (χ0n) is 9.99. The first-order chi connectivity index (χ1) is 7.78. The Labute approximate surface area is 97.1 Å². The van der Waals surface area contributed by atoms with Gasteiger partial charge < -0.3 is 4.74 Å². The van der Waals surface area contributed by atoms with Crippen molar-refractivity contribution in [2.45, 2.75) is 13.3 Å². The maximum atomic E-state index is 5.47. The lowest BCUT2D eigenvalue weighted by Gasteiger charge is -2.07. The van der Waals surface area contributed by atoms with Crippen molar-refractivity contribution in [2.24, 2.45) is 0 Å². The Bertz CT molecular complexity index is 495. The van der Waals surface area contributed by atoms with Gasteiger partial charge in [-0.2, -0.15) is 0 Å². The van der Waals surface area contributed by atoms with E-state index in [4.69, 9.17) is 4.74 Å². The smallest absolute Gasteiger partial charge is 0.129 e. The van der Waals surface area contributed by atoms with E-state index in [1.165, 1.54) is 5.56 Å². The fourth-order valence-corrected chi connectivity index (χ4v) is 1.74. The van der Waals surface area contributed by atoms with Gasteiger partial charge in [-0.25, -0.2) is 0 Å². The molecule has 0 atom stereocenters. The Morgan fingerprint density at radius 3 is 2.38 bits per heavy atom. The van der Waals surface area contributed by atoms with Crippen molar-refractivity contribution in [3.8, 4) is 5.75 Å². The second-order valence-corrected chi connectivity index (χ2v) is 3.42. The van der Waals surface area contributed by atoms with Crippen LogP contribution in [0.1, 0.15) is 12.5 Å². The number of allylic oxidation sites excluding steroid dienone is 2. The monoisotopic (exact) mass is 214 g/mol. The molecule has 0 bridgehead atoms. The second-order valence-electron chi connectivity index (χ2n) is 3.42. The summed E-state index contributed by atoms with van der Waals surface area (Å²) in [4.78, 5) is 0. The summed E-state index contributed by atoms with van der Waals surface area (Å²) < 4.78 is 5.47. The highest BCUT2D eigenvalue weighted by Crippen LogP contribution is 2.11. The molecular formula is C15H18O. The van der Waals surface area contributed by atoms with E-state index >= 15 is 0 Å². The zero-order valence-corrected chi connectivity index (χ0v) is 9.99. The quantitative estimate of drug-likeness (QED) is 0.746. The van der Waals surface area contributed by atoms with Crippen molar-refractivity contribution in [3.63, 3.8) is 0 Å². The van der Waals surface area contributed by atoms with Crippen LogP contribution in [0, 0.1) is 0 Å². The summed E-state index contributed by atoms with van der Waals surface area (Å²) in [6.45, 7) is 9.57. The summed E-state index contributed by atoms with van der Waals surface area (Å²) in [6.07, 6.45) is 8.44. The highest BCUT2D eigenvalue weighted by atomic mass is 16.5. The topological polar surface area (TPSA) is 9.23 Å². The molecule has 1 nitrogen and oxygen atoms in total. The SMILES string of the molecule is C=C/C=c1/ccc(CC)c(OC)/c1=C/C=C. The number of benzene rings is 1. The highest BCUT2D eigenvalue weighted by molar-refractivity contribution is 5.50. The first-order valence-electron chi connectivity index (χ1n) is 5.39. The molecule has 0 N–H and O–H groups in total. The molecule has 1 aromatic carbocycles. The lowest BCUT2D eigenvalue weighted by molar-refractivity contribution is 0.406. The molecule has 0 aliphatic heterocycles. The predicted octanol–water partition coefficient (Wildman–Crippen LogP) is 2.19. The van der Waals surface area contributed by atoms with E-state index in [-0.39, 0.29) is 0 Å². The molecule has 0 amide bonds. The summed E-state index contributed by atoms with van der Waals surface area (Å²) in [5, 5.41) is 2.17. The maximum absolute atomic E-state index is 5.47.